The van der Waals surface area contributed by atoms with E-state index in [-0.39, 0.29) is 21.7 Å². The van der Waals surface area contributed by atoms with Gasteiger partial charge in [0.25, 0.3) is 12.5 Å². The molecule has 0 heterocycles. The van der Waals surface area contributed by atoms with Gasteiger partial charge in [-0.2, -0.15) is 0 Å². The third-order valence-corrected chi connectivity index (χ3v) is 10.3. The van der Waals surface area contributed by atoms with E-state index < -0.39 is 0 Å². The molecule has 4 aliphatic rings. The molecular formula is C38H34N2O2. The highest BCUT2D eigenvalue weighted by molar-refractivity contribution is 5.73. The van der Waals surface area contributed by atoms with Crippen molar-refractivity contribution in [2.75, 3.05) is 0 Å². The Balaban J connectivity index is 1.38. The van der Waals surface area contributed by atoms with Crippen LogP contribution in [-0.4, -0.2) is 0 Å². The number of hydrogen-bond donors (Lipinski definition) is 0. The van der Waals surface area contributed by atoms with Crippen LogP contribution in [0.15, 0.2) is 97.1 Å². The molecule has 4 heteroatoms. The minimum absolute atomic E-state index is 0.0156. The third-order valence-electron chi connectivity index (χ3n) is 10.3. The van der Waals surface area contributed by atoms with E-state index in [0.717, 1.165) is 54.4 Å². The van der Waals surface area contributed by atoms with Crippen LogP contribution in [0.5, 0.6) is 11.5 Å². The van der Waals surface area contributed by atoms with Crippen molar-refractivity contribution in [1.82, 2.24) is 0 Å². The average Bonchev–Trinajstić information content (AvgIpc) is 2.97. The lowest BCUT2D eigenvalue weighted by molar-refractivity contribution is -0.126. The normalized spacial score (nSPS) is 29.0. The van der Waals surface area contributed by atoms with Gasteiger partial charge in [0.1, 0.15) is 11.5 Å². The first kappa shape index (κ1) is 26.4. The van der Waals surface area contributed by atoms with E-state index in [0.29, 0.717) is 11.5 Å². The lowest BCUT2D eigenvalue weighted by atomic mass is 9.34. The zero-order valence-corrected chi connectivity index (χ0v) is 24.2. The summed E-state index contributed by atoms with van der Waals surface area (Å²) in [4.78, 5) is 0. The molecule has 0 amide bonds. The maximum absolute atomic E-state index is 9.38. The standard InChI is InChI=1S/C38H34N2O2/c1-35-19-36(2)22-37(20-35,29-13-15-33(41-25-39)31(17-29)27-9-5-3-6-10-27)24-38(21-35,23-36)30-14-16-34(42-26-40)32(18-30)28-11-7-4-8-12-28/h3-18H,19-24H2,1-2H3. The maximum Gasteiger partial charge on any atom is 0.292 e. The summed E-state index contributed by atoms with van der Waals surface area (Å²) in [5.74, 6) is 1.20. The minimum Gasteiger partial charge on any atom is -0.387 e. The van der Waals surface area contributed by atoms with Crippen LogP contribution in [0.25, 0.3) is 22.3 Å². The van der Waals surface area contributed by atoms with Crippen LogP contribution < -0.4 is 9.47 Å². The number of nitriles is 2. The van der Waals surface area contributed by atoms with Gasteiger partial charge in [0.2, 0.25) is 0 Å². The van der Waals surface area contributed by atoms with Crippen molar-refractivity contribution in [3.63, 3.8) is 0 Å². The molecular weight excluding hydrogens is 516 g/mol. The summed E-state index contributed by atoms with van der Waals surface area (Å²) in [5, 5.41) is 18.8. The van der Waals surface area contributed by atoms with E-state index in [2.05, 4.69) is 62.4 Å². The fraction of sp³-hybridized carbons (Fsp3) is 0.316. The zero-order valence-electron chi connectivity index (χ0n) is 24.2. The van der Waals surface area contributed by atoms with E-state index in [1.165, 1.54) is 17.5 Å². The number of ether oxygens (including phenoxy) is 2. The summed E-state index contributed by atoms with van der Waals surface area (Å²) in [7, 11) is 0. The second kappa shape index (κ2) is 9.50. The van der Waals surface area contributed by atoms with Crippen LogP contribution in [0.2, 0.25) is 0 Å². The molecule has 0 N–H and O–H groups in total. The number of rotatable bonds is 6. The van der Waals surface area contributed by atoms with Gasteiger partial charge >= 0.3 is 0 Å². The molecule has 4 saturated carbocycles. The van der Waals surface area contributed by atoms with Crippen molar-refractivity contribution in [3.05, 3.63) is 108 Å². The van der Waals surface area contributed by atoms with Crippen molar-refractivity contribution >= 4 is 0 Å². The van der Waals surface area contributed by atoms with Crippen molar-refractivity contribution in [2.45, 2.75) is 63.2 Å². The van der Waals surface area contributed by atoms with Gasteiger partial charge in [-0.05, 0) is 107 Å². The molecule has 0 unspecified atom stereocenters. The Hall–Kier alpha value is -4.54. The summed E-state index contributed by atoms with van der Waals surface area (Å²) < 4.78 is 10.9. The van der Waals surface area contributed by atoms with E-state index in [9.17, 15) is 10.5 Å². The summed E-state index contributed by atoms with van der Waals surface area (Å²) in [6.07, 6.45) is 10.7. The van der Waals surface area contributed by atoms with Gasteiger partial charge in [0.05, 0.1) is 0 Å². The van der Waals surface area contributed by atoms with Crippen LogP contribution in [-0.2, 0) is 10.8 Å². The van der Waals surface area contributed by atoms with Gasteiger partial charge in [-0.25, -0.2) is 0 Å². The van der Waals surface area contributed by atoms with E-state index in [1.54, 1.807) is 0 Å². The molecule has 4 fully saturated rings. The molecule has 4 nitrogen and oxygen atoms in total. The highest BCUT2D eigenvalue weighted by Crippen LogP contribution is 2.74. The molecule has 4 bridgehead atoms. The van der Waals surface area contributed by atoms with Crippen LogP contribution in [0.3, 0.4) is 0 Å². The summed E-state index contributed by atoms with van der Waals surface area (Å²) >= 11 is 0. The Morgan fingerprint density at radius 2 is 0.929 bits per heavy atom. The topological polar surface area (TPSA) is 66.0 Å². The SMILES string of the molecule is CC12CC3(C)CC(c4ccc(OC#N)c(-c5ccccc5)c4)(C1)CC(c1ccc(OC#N)c(-c4ccccc4)c1)(C2)C3. The molecule has 4 aromatic rings. The van der Waals surface area contributed by atoms with Gasteiger partial charge in [-0.3, -0.25) is 0 Å². The predicted octanol–water partition coefficient (Wildman–Crippen LogP) is 9.31. The minimum atomic E-state index is 0.0156. The van der Waals surface area contributed by atoms with Gasteiger partial charge in [0.15, 0.2) is 0 Å². The molecule has 0 saturated heterocycles. The van der Waals surface area contributed by atoms with Crippen LogP contribution >= 0.6 is 0 Å². The molecule has 0 aromatic heterocycles. The summed E-state index contributed by atoms with van der Waals surface area (Å²) in [6.45, 7) is 5.01. The number of hydrogen-bond acceptors (Lipinski definition) is 4. The Morgan fingerprint density at radius 3 is 1.31 bits per heavy atom. The largest absolute Gasteiger partial charge is 0.387 e. The molecule has 208 valence electrons. The molecule has 0 spiro atoms. The lowest BCUT2D eigenvalue weighted by Gasteiger charge is -2.70. The number of benzene rings is 4. The van der Waals surface area contributed by atoms with Gasteiger partial charge in [0, 0.05) is 11.1 Å². The quantitative estimate of drug-likeness (QED) is 0.224. The Kier molecular flexibility index (Phi) is 5.96. The third kappa shape index (κ3) is 4.26. The molecule has 8 rings (SSSR count). The van der Waals surface area contributed by atoms with Gasteiger partial charge in [-0.1, -0.05) is 86.6 Å². The molecule has 4 aromatic carbocycles. The zero-order chi connectivity index (χ0) is 29.0. The van der Waals surface area contributed by atoms with Crippen molar-refractivity contribution in [1.29, 1.82) is 10.5 Å². The molecule has 0 atom stereocenters. The number of nitrogens with zero attached hydrogens (tertiary/aromatic N) is 2. The second-order valence-electron chi connectivity index (χ2n) is 13.8. The monoisotopic (exact) mass is 550 g/mol. The van der Waals surface area contributed by atoms with E-state index >= 15 is 0 Å². The Labute approximate surface area is 248 Å². The molecule has 4 aliphatic carbocycles. The van der Waals surface area contributed by atoms with E-state index in [4.69, 9.17) is 9.47 Å². The molecule has 0 aliphatic heterocycles. The fourth-order valence-corrected chi connectivity index (χ4v) is 9.99. The summed E-state index contributed by atoms with van der Waals surface area (Å²) in [6, 6.07) is 33.5. The Bertz CT molecular complexity index is 1600. The second-order valence-corrected chi connectivity index (χ2v) is 13.8. The van der Waals surface area contributed by atoms with Gasteiger partial charge in [-0.15, -0.1) is 10.5 Å². The van der Waals surface area contributed by atoms with Crippen molar-refractivity contribution in [2.24, 2.45) is 10.8 Å². The van der Waals surface area contributed by atoms with Crippen molar-refractivity contribution < 1.29 is 9.47 Å². The first-order valence-corrected chi connectivity index (χ1v) is 14.8. The summed E-state index contributed by atoms with van der Waals surface area (Å²) in [5.41, 5.74) is 7.21. The first-order chi connectivity index (χ1) is 20.3. The van der Waals surface area contributed by atoms with Crippen molar-refractivity contribution in [3.8, 4) is 46.3 Å². The first-order valence-electron chi connectivity index (χ1n) is 14.8. The van der Waals surface area contributed by atoms with Gasteiger partial charge < -0.3 is 9.47 Å². The smallest absolute Gasteiger partial charge is 0.292 e. The van der Waals surface area contributed by atoms with Crippen LogP contribution in [0, 0.1) is 33.9 Å². The maximum atomic E-state index is 9.38. The highest BCUT2D eigenvalue weighted by Gasteiger charge is 2.66. The lowest BCUT2D eigenvalue weighted by Crippen LogP contribution is -2.62. The molecule has 0 radical (unpaired) electrons. The Morgan fingerprint density at radius 1 is 0.524 bits per heavy atom. The highest BCUT2D eigenvalue weighted by atomic mass is 16.5. The average molecular weight is 551 g/mol. The van der Waals surface area contributed by atoms with E-state index in [1.807, 2.05) is 61.0 Å². The molecule has 42 heavy (non-hydrogen) atoms. The fourth-order valence-electron chi connectivity index (χ4n) is 9.99. The predicted molar refractivity (Wildman–Crippen MR) is 164 cm³/mol. The van der Waals surface area contributed by atoms with Crippen LogP contribution in [0.1, 0.15) is 63.5 Å². The van der Waals surface area contributed by atoms with Crippen LogP contribution in [0.4, 0.5) is 0 Å².